The highest BCUT2D eigenvalue weighted by molar-refractivity contribution is 7.22. The minimum Gasteiger partial charge on any atom is -0.456 e. The van der Waals surface area contributed by atoms with Gasteiger partial charge in [0.1, 0.15) is 11.2 Å². The molecule has 0 fully saturated rings. The van der Waals surface area contributed by atoms with Crippen molar-refractivity contribution in [2.75, 3.05) is 4.90 Å². The molecule has 1 aliphatic heterocycles. The average Bonchev–Trinajstić information content (AvgIpc) is 4.01. The zero-order chi connectivity index (χ0) is 42.2. The van der Waals surface area contributed by atoms with Crippen LogP contribution in [-0.4, -0.2) is 12.6 Å². The predicted molar refractivity (Wildman–Crippen MR) is 271 cm³/mol. The minimum atomic E-state index is -2.62. The average molecular weight is 833 g/mol. The second kappa shape index (κ2) is 14.5. The van der Waals surface area contributed by atoms with Crippen LogP contribution in [0.2, 0.25) is 0 Å². The Hall–Kier alpha value is -8.18. The van der Waals surface area contributed by atoms with E-state index in [0.717, 1.165) is 55.8 Å². The molecule has 13 rings (SSSR count). The van der Waals surface area contributed by atoms with Crippen LogP contribution in [0.3, 0.4) is 0 Å². The first-order valence-electron chi connectivity index (χ1n) is 22.0. The SMILES string of the molecule is c1ccc(-c2cccc(N(c3ccc4oc5ccccc5c4c3)c3cccc4c3c3ccccc3n4-c3ccc4c(c3)-c3ccccc3[Si]4(c3ccccc3)c3ccccc3)c2)cc1. The molecule has 0 aliphatic carbocycles. The molecule has 0 saturated carbocycles. The molecule has 12 aromatic rings. The molecule has 64 heavy (non-hydrogen) atoms. The Bertz CT molecular complexity index is 3700. The fraction of sp³-hybridized carbons (Fsp3) is 0. The fourth-order valence-electron chi connectivity index (χ4n) is 10.8. The number of aromatic nitrogens is 1. The highest BCUT2D eigenvalue weighted by atomic mass is 28.3. The van der Waals surface area contributed by atoms with Crippen LogP contribution < -0.4 is 25.6 Å². The molecular formula is C60H40N2OSi. The lowest BCUT2D eigenvalue weighted by Crippen LogP contribution is -2.72. The molecule has 0 bridgehead atoms. The number of hydrogen-bond donors (Lipinski definition) is 0. The van der Waals surface area contributed by atoms with E-state index in [1.165, 1.54) is 53.7 Å². The van der Waals surface area contributed by atoms with Gasteiger partial charge in [-0.1, -0.05) is 176 Å². The number of furan rings is 1. The van der Waals surface area contributed by atoms with Crippen molar-refractivity contribution in [2.24, 2.45) is 0 Å². The molecule has 0 amide bonds. The van der Waals surface area contributed by atoms with Crippen molar-refractivity contribution in [3.05, 3.63) is 243 Å². The van der Waals surface area contributed by atoms with Crippen molar-refractivity contribution in [1.82, 2.24) is 4.57 Å². The lowest BCUT2D eigenvalue weighted by molar-refractivity contribution is 0.669. The van der Waals surface area contributed by atoms with Crippen LogP contribution in [0.5, 0.6) is 0 Å². The van der Waals surface area contributed by atoms with Crippen LogP contribution in [0.15, 0.2) is 247 Å². The third-order valence-electron chi connectivity index (χ3n) is 13.4. The van der Waals surface area contributed by atoms with Gasteiger partial charge in [-0.2, -0.15) is 0 Å². The van der Waals surface area contributed by atoms with E-state index in [4.69, 9.17) is 4.42 Å². The number of nitrogens with zero attached hydrogens (tertiary/aromatic N) is 2. The van der Waals surface area contributed by atoms with E-state index in [1.54, 1.807) is 0 Å². The largest absolute Gasteiger partial charge is 0.456 e. The Balaban J connectivity index is 1.06. The summed E-state index contributed by atoms with van der Waals surface area (Å²) in [7, 11) is -2.62. The third kappa shape index (κ3) is 5.39. The van der Waals surface area contributed by atoms with Crippen LogP contribution in [-0.2, 0) is 0 Å². The molecule has 0 saturated heterocycles. The van der Waals surface area contributed by atoms with Crippen molar-refractivity contribution >= 4 is 89.6 Å². The number of fused-ring (bicyclic) bond motifs is 9. The first kappa shape index (κ1) is 36.5. The van der Waals surface area contributed by atoms with Gasteiger partial charge in [0, 0.05) is 38.6 Å². The molecular weight excluding hydrogens is 793 g/mol. The lowest BCUT2D eigenvalue weighted by atomic mass is 10.0. The Kier molecular flexibility index (Phi) is 8.23. The zero-order valence-electron chi connectivity index (χ0n) is 34.9. The van der Waals surface area contributed by atoms with E-state index in [2.05, 4.69) is 246 Å². The maximum Gasteiger partial charge on any atom is 0.180 e. The van der Waals surface area contributed by atoms with Crippen molar-refractivity contribution in [1.29, 1.82) is 0 Å². The number of para-hydroxylation sites is 2. The molecule has 0 radical (unpaired) electrons. The van der Waals surface area contributed by atoms with Crippen molar-refractivity contribution in [2.45, 2.75) is 0 Å². The van der Waals surface area contributed by atoms with Crippen LogP contribution >= 0.6 is 0 Å². The van der Waals surface area contributed by atoms with Gasteiger partial charge in [0.15, 0.2) is 8.07 Å². The summed E-state index contributed by atoms with van der Waals surface area (Å²) in [4.78, 5) is 2.44. The minimum absolute atomic E-state index is 0.877. The monoisotopic (exact) mass is 832 g/mol. The van der Waals surface area contributed by atoms with Gasteiger partial charge < -0.3 is 13.9 Å². The van der Waals surface area contributed by atoms with Gasteiger partial charge in [-0.25, -0.2) is 0 Å². The standard InChI is InChI=1S/C60H40N2OSi/c1-4-18-41(19-5-1)42-20-16-21-43(38-42)61(44-34-36-57-51(39-44)48-26-11-14-32-56(48)63-57)54-30-17-31-55-60(54)50-28-10-13-29-53(50)62(55)45-35-37-59-52(40-45)49-27-12-15-33-58(49)64(59,46-22-6-2-7-23-46)47-24-8-3-9-25-47/h1-40H. The molecule has 0 unspecified atom stereocenters. The second-order valence-electron chi connectivity index (χ2n) is 16.8. The molecule has 0 atom stereocenters. The molecule has 4 heteroatoms. The first-order chi connectivity index (χ1) is 31.8. The molecule has 2 aromatic heterocycles. The van der Waals surface area contributed by atoms with Gasteiger partial charge in [0.2, 0.25) is 0 Å². The second-order valence-corrected chi connectivity index (χ2v) is 20.5. The molecule has 3 heterocycles. The maximum absolute atomic E-state index is 6.35. The predicted octanol–water partition coefficient (Wildman–Crippen LogP) is 13.2. The van der Waals surface area contributed by atoms with Crippen LogP contribution in [0.1, 0.15) is 0 Å². The van der Waals surface area contributed by atoms with Crippen LogP contribution in [0.25, 0.3) is 71.7 Å². The molecule has 1 aliphatic rings. The van der Waals surface area contributed by atoms with Gasteiger partial charge in [-0.15, -0.1) is 0 Å². The Labute approximate surface area is 372 Å². The Morgan fingerprint density at radius 1 is 0.375 bits per heavy atom. The molecule has 0 N–H and O–H groups in total. The summed E-state index contributed by atoms with van der Waals surface area (Å²) in [6.45, 7) is 0. The zero-order valence-corrected chi connectivity index (χ0v) is 35.9. The van der Waals surface area contributed by atoms with Crippen molar-refractivity contribution in [3.8, 4) is 27.9 Å². The lowest BCUT2D eigenvalue weighted by Gasteiger charge is -2.31. The van der Waals surface area contributed by atoms with E-state index in [-0.39, 0.29) is 0 Å². The molecule has 3 nitrogen and oxygen atoms in total. The van der Waals surface area contributed by atoms with Gasteiger partial charge in [-0.05, 0) is 110 Å². The highest BCUT2D eigenvalue weighted by Gasteiger charge is 2.48. The number of hydrogen-bond acceptors (Lipinski definition) is 2. The van der Waals surface area contributed by atoms with Crippen LogP contribution in [0, 0.1) is 0 Å². The van der Waals surface area contributed by atoms with Gasteiger partial charge >= 0.3 is 0 Å². The van der Waals surface area contributed by atoms with E-state index in [9.17, 15) is 0 Å². The topological polar surface area (TPSA) is 21.3 Å². The van der Waals surface area contributed by atoms with E-state index >= 15 is 0 Å². The van der Waals surface area contributed by atoms with Crippen molar-refractivity contribution < 1.29 is 4.42 Å². The molecule has 300 valence electrons. The van der Waals surface area contributed by atoms with Crippen LogP contribution in [0.4, 0.5) is 17.1 Å². The third-order valence-corrected chi connectivity index (χ3v) is 18.3. The normalized spacial score (nSPS) is 12.8. The summed E-state index contributed by atoms with van der Waals surface area (Å²) in [5.41, 5.74) is 13.5. The van der Waals surface area contributed by atoms with Gasteiger partial charge in [0.05, 0.1) is 16.7 Å². The number of rotatable bonds is 7. The molecule has 0 spiro atoms. The summed E-state index contributed by atoms with van der Waals surface area (Å²) >= 11 is 0. The summed E-state index contributed by atoms with van der Waals surface area (Å²) in [5.74, 6) is 0. The van der Waals surface area contributed by atoms with Gasteiger partial charge in [0.25, 0.3) is 0 Å². The quantitative estimate of drug-likeness (QED) is 0.149. The summed E-state index contributed by atoms with van der Waals surface area (Å²) in [6, 6.07) is 89.1. The summed E-state index contributed by atoms with van der Waals surface area (Å²) in [6.07, 6.45) is 0. The van der Waals surface area contributed by atoms with Gasteiger partial charge in [-0.3, -0.25) is 0 Å². The smallest absolute Gasteiger partial charge is 0.180 e. The van der Waals surface area contributed by atoms with E-state index < -0.39 is 8.07 Å². The van der Waals surface area contributed by atoms with Crippen molar-refractivity contribution in [3.63, 3.8) is 0 Å². The maximum atomic E-state index is 6.35. The van der Waals surface area contributed by atoms with E-state index in [0.29, 0.717) is 0 Å². The number of benzene rings is 10. The Morgan fingerprint density at radius 2 is 0.984 bits per heavy atom. The fourth-order valence-corrected chi connectivity index (χ4v) is 15.9. The first-order valence-corrected chi connectivity index (χ1v) is 24.0. The summed E-state index contributed by atoms with van der Waals surface area (Å²) in [5, 5.41) is 10.3. The Morgan fingerprint density at radius 3 is 1.80 bits per heavy atom. The summed E-state index contributed by atoms with van der Waals surface area (Å²) < 4.78 is 8.83. The highest BCUT2D eigenvalue weighted by Crippen LogP contribution is 2.46. The molecule has 10 aromatic carbocycles. The van der Waals surface area contributed by atoms with E-state index in [1.807, 2.05) is 6.07 Å². The number of anilines is 3.